The van der Waals surface area contributed by atoms with E-state index in [1.165, 1.54) is 26.4 Å². The van der Waals surface area contributed by atoms with Crippen LogP contribution in [0, 0.1) is 5.82 Å². The van der Waals surface area contributed by atoms with E-state index < -0.39 is 40.4 Å². The second-order valence-corrected chi connectivity index (χ2v) is 8.45. The zero-order valence-electron chi connectivity index (χ0n) is 17.9. The average molecular weight is 463 g/mol. The highest BCUT2D eigenvalue weighted by Crippen LogP contribution is 2.37. The van der Waals surface area contributed by atoms with Crippen molar-refractivity contribution in [1.82, 2.24) is 9.88 Å². The lowest BCUT2D eigenvalue weighted by atomic mass is 10.1. The number of fused-ring (bicyclic) bond motifs is 1. The summed E-state index contributed by atoms with van der Waals surface area (Å²) in [5.41, 5.74) is -0.177. The van der Waals surface area contributed by atoms with E-state index in [9.17, 15) is 23.0 Å². The predicted octanol–water partition coefficient (Wildman–Crippen LogP) is 2.30. The van der Waals surface area contributed by atoms with E-state index in [0.29, 0.717) is 12.4 Å². The van der Waals surface area contributed by atoms with Gasteiger partial charge < -0.3 is 14.8 Å². The van der Waals surface area contributed by atoms with Gasteiger partial charge in [0, 0.05) is 29.7 Å². The monoisotopic (exact) mass is 463 g/mol. The van der Waals surface area contributed by atoms with Gasteiger partial charge in [-0.15, -0.1) is 0 Å². The van der Waals surface area contributed by atoms with Crippen LogP contribution >= 0.6 is 0 Å². The highest BCUT2D eigenvalue weighted by molar-refractivity contribution is 7.84. The lowest BCUT2D eigenvalue weighted by Crippen LogP contribution is -2.37. The Morgan fingerprint density at radius 2 is 2.00 bits per heavy atom. The van der Waals surface area contributed by atoms with Crippen molar-refractivity contribution in [2.45, 2.75) is 19.9 Å². The minimum atomic E-state index is -1.43. The van der Waals surface area contributed by atoms with E-state index >= 15 is 0 Å². The Balaban J connectivity index is 2.12. The summed E-state index contributed by atoms with van der Waals surface area (Å²) >= 11 is 0. The van der Waals surface area contributed by atoms with E-state index in [1.807, 2.05) is 0 Å². The molecule has 1 aromatic carbocycles. The van der Waals surface area contributed by atoms with Crippen LogP contribution in [0.2, 0.25) is 0 Å². The van der Waals surface area contributed by atoms with Crippen LogP contribution in [0.4, 0.5) is 10.1 Å². The molecule has 0 saturated heterocycles. The van der Waals surface area contributed by atoms with Crippen LogP contribution in [0.5, 0.6) is 11.6 Å². The molecule has 2 unspecified atom stereocenters. The number of hydrogen-bond acceptors (Lipinski definition) is 7. The number of ether oxygens (including phenoxy) is 2. The molecule has 9 nitrogen and oxygen atoms in total. The highest BCUT2D eigenvalue weighted by Gasteiger charge is 2.43. The number of amides is 3. The number of anilines is 1. The zero-order valence-corrected chi connectivity index (χ0v) is 18.7. The number of carbonyl (C=O) groups excluding carboxylic acids is 3. The molecule has 0 saturated carbocycles. The third-order valence-electron chi connectivity index (χ3n) is 4.69. The number of hydrogen-bond donors (Lipinski definition) is 1. The molecule has 11 heteroatoms. The normalized spacial score (nSPS) is 14.7. The van der Waals surface area contributed by atoms with Crippen molar-refractivity contribution < 1.29 is 32.5 Å². The van der Waals surface area contributed by atoms with E-state index in [2.05, 4.69) is 10.3 Å². The molecule has 2 atom stereocenters. The fourth-order valence-electron chi connectivity index (χ4n) is 3.46. The number of benzene rings is 1. The average Bonchev–Trinajstić information content (AvgIpc) is 2.96. The summed E-state index contributed by atoms with van der Waals surface area (Å²) in [5, 5.41) is 2.39. The van der Waals surface area contributed by atoms with Gasteiger partial charge in [-0.3, -0.25) is 23.5 Å². The maximum atomic E-state index is 14.1. The molecule has 0 radical (unpaired) electrons. The van der Waals surface area contributed by atoms with Gasteiger partial charge in [0.1, 0.15) is 5.82 Å². The number of methoxy groups -OCH3 is 1. The molecule has 1 aliphatic heterocycles. The number of nitrogens with one attached hydrogen (secondary N) is 1. The first-order chi connectivity index (χ1) is 15.2. The topological polar surface area (TPSA) is 115 Å². The van der Waals surface area contributed by atoms with E-state index in [1.54, 1.807) is 13.0 Å². The summed E-state index contributed by atoms with van der Waals surface area (Å²) in [6.45, 7) is 3.26. The quantitative estimate of drug-likeness (QED) is 0.598. The first-order valence-electron chi connectivity index (χ1n) is 9.64. The third-order valence-corrected chi connectivity index (χ3v) is 5.47. The minimum Gasteiger partial charge on any atom is -0.491 e. The molecule has 0 fully saturated rings. The van der Waals surface area contributed by atoms with Gasteiger partial charge in [0.25, 0.3) is 17.7 Å². The fourth-order valence-corrected chi connectivity index (χ4v) is 4.22. The molecule has 2 heterocycles. The molecular formula is C21H22FN3O6S. The summed E-state index contributed by atoms with van der Waals surface area (Å²) in [5.74, 6) is -2.44. The molecule has 1 aliphatic rings. The Kier molecular flexibility index (Phi) is 6.87. The van der Waals surface area contributed by atoms with Gasteiger partial charge in [-0.2, -0.15) is 0 Å². The number of nitrogens with zero attached hydrogens (tertiary/aromatic N) is 2. The number of rotatable bonds is 8. The van der Waals surface area contributed by atoms with Crippen LogP contribution in [-0.4, -0.2) is 57.5 Å². The Labute approximate surface area is 186 Å². The van der Waals surface area contributed by atoms with Crippen molar-refractivity contribution in [1.29, 1.82) is 0 Å². The van der Waals surface area contributed by atoms with Gasteiger partial charge in [-0.25, -0.2) is 9.37 Å². The molecule has 170 valence electrons. The number of imide groups is 1. The summed E-state index contributed by atoms with van der Waals surface area (Å²) in [6, 6.07) is 4.00. The Morgan fingerprint density at radius 1 is 1.28 bits per heavy atom. The maximum absolute atomic E-state index is 14.1. The van der Waals surface area contributed by atoms with E-state index in [0.717, 1.165) is 17.0 Å². The maximum Gasteiger partial charge on any atom is 0.264 e. The SMILES string of the molecule is CCOc1nc(C(CS(C)=O)N2C(=O)c3cc(F)cc(NC(C)=O)c3C2=O)ccc1OC. The molecule has 0 bridgehead atoms. The van der Waals surface area contributed by atoms with Crippen molar-refractivity contribution in [3.05, 3.63) is 46.9 Å². The molecule has 3 amide bonds. The summed E-state index contributed by atoms with van der Waals surface area (Å²) in [7, 11) is 0.0188. The van der Waals surface area contributed by atoms with E-state index in [-0.39, 0.29) is 34.1 Å². The second-order valence-electron chi connectivity index (χ2n) is 6.97. The number of carbonyl (C=O) groups is 3. The standard InChI is InChI=1S/C21H22FN3O6S/c1-5-31-19-17(30-3)7-6-14(24-19)16(10-32(4)29)25-20(27)13-8-12(22)9-15(23-11(2)26)18(13)21(25)28/h6-9,16H,5,10H2,1-4H3,(H,23,26). The number of pyridine rings is 1. The first kappa shape index (κ1) is 23.3. The molecule has 0 spiro atoms. The second kappa shape index (κ2) is 9.43. The Bertz CT molecular complexity index is 1120. The summed E-state index contributed by atoms with van der Waals surface area (Å²) in [4.78, 5) is 43.3. The van der Waals surface area contributed by atoms with Gasteiger partial charge in [0.05, 0.1) is 42.3 Å². The molecule has 0 aliphatic carbocycles. The van der Waals surface area contributed by atoms with Gasteiger partial charge in [-0.1, -0.05) is 0 Å². The molecular weight excluding hydrogens is 441 g/mol. The highest BCUT2D eigenvalue weighted by atomic mass is 32.2. The summed E-state index contributed by atoms with van der Waals surface area (Å²) in [6.07, 6.45) is 1.43. The zero-order chi connectivity index (χ0) is 23.6. The Hall–Kier alpha value is -3.34. The van der Waals surface area contributed by atoms with Crippen LogP contribution < -0.4 is 14.8 Å². The van der Waals surface area contributed by atoms with Crippen LogP contribution in [0.15, 0.2) is 24.3 Å². The van der Waals surface area contributed by atoms with Crippen molar-refractivity contribution in [3.63, 3.8) is 0 Å². The molecule has 1 aromatic heterocycles. The van der Waals surface area contributed by atoms with Gasteiger partial charge in [0.15, 0.2) is 5.75 Å². The summed E-state index contributed by atoms with van der Waals surface area (Å²) < 4.78 is 37.0. The van der Waals surface area contributed by atoms with Crippen LogP contribution in [0.3, 0.4) is 0 Å². The minimum absolute atomic E-state index is 0.103. The van der Waals surface area contributed by atoms with Gasteiger partial charge in [-0.05, 0) is 31.2 Å². The molecule has 1 N–H and O–H groups in total. The van der Waals surface area contributed by atoms with Crippen molar-refractivity contribution in [3.8, 4) is 11.6 Å². The lowest BCUT2D eigenvalue weighted by Gasteiger charge is -2.25. The third kappa shape index (κ3) is 4.47. The largest absolute Gasteiger partial charge is 0.491 e. The molecule has 2 aromatic rings. The smallest absolute Gasteiger partial charge is 0.264 e. The van der Waals surface area contributed by atoms with Crippen molar-refractivity contribution in [2.75, 3.05) is 31.0 Å². The first-order valence-corrected chi connectivity index (χ1v) is 11.4. The van der Waals surface area contributed by atoms with E-state index in [4.69, 9.17) is 9.47 Å². The lowest BCUT2D eigenvalue weighted by molar-refractivity contribution is -0.114. The van der Waals surface area contributed by atoms with Gasteiger partial charge in [0.2, 0.25) is 5.91 Å². The van der Waals surface area contributed by atoms with Gasteiger partial charge >= 0.3 is 0 Å². The van der Waals surface area contributed by atoms with Crippen LogP contribution in [0.1, 0.15) is 46.3 Å². The predicted molar refractivity (Wildman–Crippen MR) is 115 cm³/mol. The van der Waals surface area contributed by atoms with Crippen molar-refractivity contribution >= 4 is 34.2 Å². The molecule has 32 heavy (non-hydrogen) atoms. The van der Waals surface area contributed by atoms with Crippen LogP contribution in [-0.2, 0) is 15.6 Å². The Morgan fingerprint density at radius 3 is 2.59 bits per heavy atom. The fraction of sp³-hybridized carbons (Fsp3) is 0.333. The van der Waals surface area contributed by atoms with Crippen LogP contribution in [0.25, 0.3) is 0 Å². The van der Waals surface area contributed by atoms with Crippen molar-refractivity contribution in [2.24, 2.45) is 0 Å². The number of aromatic nitrogens is 1. The number of halogens is 1. The molecule has 3 rings (SSSR count).